The van der Waals surface area contributed by atoms with E-state index in [-0.39, 0.29) is 17.7 Å². The van der Waals surface area contributed by atoms with Crippen LogP contribution in [0.25, 0.3) is 0 Å². The van der Waals surface area contributed by atoms with E-state index >= 15 is 0 Å². The summed E-state index contributed by atoms with van der Waals surface area (Å²) in [5.74, 6) is -0.592. The highest BCUT2D eigenvalue weighted by molar-refractivity contribution is 5.31. The summed E-state index contributed by atoms with van der Waals surface area (Å²) in [5.41, 5.74) is 7.57. The lowest BCUT2D eigenvalue weighted by Gasteiger charge is -2.12. The predicted octanol–water partition coefficient (Wildman–Crippen LogP) is 5.99. The van der Waals surface area contributed by atoms with Gasteiger partial charge in [0.25, 0.3) is 0 Å². The standard InChI is InChI=1S/C13H11F2N.C7H16/c14-11-5-1-9(2-6-11)13(16)10-3-7-12(15)8-4-10;1-3-5-7-6-4-2/h1-8,13H,16H2;3-7H2,1-2H3. The van der Waals surface area contributed by atoms with Crippen LogP contribution in [0.2, 0.25) is 0 Å². The fourth-order valence-corrected chi connectivity index (χ4v) is 2.21. The van der Waals surface area contributed by atoms with Crippen molar-refractivity contribution in [2.24, 2.45) is 5.73 Å². The Labute approximate surface area is 138 Å². The first-order valence-electron chi connectivity index (χ1n) is 8.35. The molecule has 0 unspecified atom stereocenters. The Balaban J connectivity index is 0.000000322. The van der Waals surface area contributed by atoms with Gasteiger partial charge in [-0.15, -0.1) is 0 Å². The molecule has 0 amide bonds. The maximum atomic E-state index is 12.7. The van der Waals surface area contributed by atoms with E-state index in [1.165, 1.54) is 56.4 Å². The minimum atomic E-state index is -0.360. The quantitative estimate of drug-likeness (QED) is 0.650. The summed E-state index contributed by atoms with van der Waals surface area (Å²) < 4.78 is 25.4. The first-order chi connectivity index (χ1) is 11.1. The molecule has 0 saturated heterocycles. The third-order valence-electron chi connectivity index (χ3n) is 3.67. The number of benzene rings is 2. The molecule has 3 heteroatoms. The summed E-state index contributed by atoms with van der Waals surface area (Å²) in [6.45, 7) is 4.49. The van der Waals surface area contributed by atoms with Crippen molar-refractivity contribution < 1.29 is 8.78 Å². The van der Waals surface area contributed by atoms with Crippen molar-refractivity contribution in [2.45, 2.75) is 52.0 Å². The van der Waals surface area contributed by atoms with Gasteiger partial charge in [-0.1, -0.05) is 70.2 Å². The van der Waals surface area contributed by atoms with Crippen LogP contribution in [-0.4, -0.2) is 0 Å². The van der Waals surface area contributed by atoms with E-state index in [1.54, 1.807) is 24.3 Å². The Hall–Kier alpha value is -1.74. The van der Waals surface area contributed by atoms with Crippen molar-refractivity contribution in [3.05, 3.63) is 71.3 Å². The lowest BCUT2D eigenvalue weighted by Crippen LogP contribution is -2.11. The molecule has 0 aromatic heterocycles. The number of hydrogen-bond acceptors (Lipinski definition) is 1. The molecule has 2 aromatic rings. The minimum Gasteiger partial charge on any atom is -0.320 e. The van der Waals surface area contributed by atoms with Crippen LogP contribution < -0.4 is 5.73 Å². The second-order valence-electron chi connectivity index (χ2n) is 5.64. The van der Waals surface area contributed by atoms with Crippen molar-refractivity contribution in [3.63, 3.8) is 0 Å². The normalized spacial score (nSPS) is 10.3. The Morgan fingerprint density at radius 3 is 1.35 bits per heavy atom. The SMILES string of the molecule is CCCCCCC.NC(c1ccc(F)cc1)c1ccc(F)cc1. The third-order valence-corrected chi connectivity index (χ3v) is 3.67. The zero-order chi connectivity index (χ0) is 17.1. The molecule has 0 fully saturated rings. The summed E-state index contributed by atoms with van der Waals surface area (Å²) in [5, 5.41) is 0. The molecule has 1 nitrogen and oxygen atoms in total. The molecule has 0 aliphatic carbocycles. The van der Waals surface area contributed by atoms with Crippen LogP contribution in [0.5, 0.6) is 0 Å². The Kier molecular flexibility index (Phi) is 9.15. The second kappa shape index (κ2) is 10.9. The average Bonchev–Trinajstić information content (AvgIpc) is 2.57. The molecule has 2 aromatic carbocycles. The molecule has 0 aliphatic heterocycles. The zero-order valence-corrected chi connectivity index (χ0v) is 14.1. The summed E-state index contributed by atoms with van der Waals surface area (Å²) in [6, 6.07) is 11.6. The predicted molar refractivity (Wildman–Crippen MR) is 93.3 cm³/mol. The topological polar surface area (TPSA) is 26.0 Å². The van der Waals surface area contributed by atoms with Crippen molar-refractivity contribution in [1.29, 1.82) is 0 Å². The van der Waals surface area contributed by atoms with Gasteiger partial charge in [0.2, 0.25) is 0 Å². The summed E-state index contributed by atoms with van der Waals surface area (Å²) in [6.07, 6.45) is 7.01. The number of unbranched alkanes of at least 4 members (excludes halogenated alkanes) is 4. The highest BCUT2D eigenvalue weighted by Crippen LogP contribution is 2.19. The van der Waals surface area contributed by atoms with Crippen LogP contribution in [-0.2, 0) is 0 Å². The van der Waals surface area contributed by atoms with E-state index < -0.39 is 0 Å². The highest BCUT2D eigenvalue weighted by Gasteiger charge is 2.08. The third kappa shape index (κ3) is 7.38. The fraction of sp³-hybridized carbons (Fsp3) is 0.400. The molecule has 0 aliphatic rings. The second-order valence-corrected chi connectivity index (χ2v) is 5.64. The Bertz CT molecular complexity index is 485. The molecule has 0 spiro atoms. The summed E-state index contributed by atoms with van der Waals surface area (Å²) in [4.78, 5) is 0. The van der Waals surface area contributed by atoms with Gasteiger partial charge in [0.05, 0.1) is 6.04 Å². The van der Waals surface area contributed by atoms with Gasteiger partial charge in [0.1, 0.15) is 11.6 Å². The molecule has 0 atom stereocenters. The molecule has 23 heavy (non-hydrogen) atoms. The van der Waals surface area contributed by atoms with Gasteiger partial charge in [-0.25, -0.2) is 8.78 Å². The van der Waals surface area contributed by atoms with Crippen molar-refractivity contribution in [1.82, 2.24) is 0 Å². The van der Waals surface area contributed by atoms with Crippen molar-refractivity contribution in [3.8, 4) is 0 Å². The Morgan fingerprint density at radius 1 is 0.696 bits per heavy atom. The van der Waals surface area contributed by atoms with Gasteiger partial charge < -0.3 is 5.73 Å². The smallest absolute Gasteiger partial charge is 0.123 e. The lowest BCUT2D eigenvalue weighted by atomic mass is 10.00. The van der Waals surface area contributed by atoms with E-state index in [0.717, 1.165) is 11.1 Å². The van der Waals surface area contributed by atoms with Crippen LogP contribution in [0.1, 0.15) is 63.1 Å². The first kappa shape index (κ1) is 19.3. The maximum Gasteiger partial charge on any atom is 0.123 e. The molecule has 0 saturated carbocycles. The highest BCUT2D eigenvalue weighted by atomic mass is 19.1. The van der Waals surface area contributed by atoms with Gasteiger partial charge in [-0.2, -0.15) is 0 Å². The summed E-state index contributed by atoms with van der Waals surface area (Å²) in [7, 11) is 0. The summed E-state index contributed by atoms with van der Waals surface area (Å²) >= 11 is 0. The van der Waals surface area contributed by atoms with Crippen LogP contribution >= 0.6 is 0 Å². The number of nitrogens with two attached hydrogens (primary N) is 1. The van der Waals surface area contributed by atoms with E-state index in [4.69, 9.17) is 5.73 Å². The molecular weight excluding hydrogens is 292 g/mol. The van der Waals surface area contributed by atoms with Gasteiger partial charge in [-0.3, -0.25) is 0 Å². The number of halogens is 2. The van der Waals surface area contributed by atoms with Crippen LogP contribution in [0.4, 0.5) is 8.78 Å². The minimum absolute atomic E-state index is 0.296. The molecule has 2 rings (SSSR count). The molecule has 0 bridgehead atoms. The zero-order valence-electron chi connectivity index (χ0n) is 14.1. The van der Waals surface area contributed by atoms with Crippen molar-refractivity contribution >= 4 is 0 Å². The van der Waals surface area contributed by atoms with Gasteiger partial charge >= 0.3 is 0 Å². The van der Waals surface area contributed by atoms with Crippen molar-refractivity contribution in [2.75, 3.05) is 0 Å². The molecular formula is C20H27F2N. The van der Waals surface area contributed by atoms with Gasteiger partial charge in [0, 0.05) is 0 Å². The van der Waals surface area contributed by atoms with E-state index in [9.17, 15) is 8.78 Å². The largest absolute Gasteiger partial charge is 0.320 e. The molecule has 0 heterocycles. The number of rotatable bonds is 6. The molecule has 0 radical (unpaired) electrons. The van der Waals surface area contributed by atoms with E-state index in [1.807, 2.05) is 0 Å². The van der Waals surface area contributed by atoms with E-state index in [2.05, 4.69) is 13.8 Å². The monoisotopic (exact) mass is 319 g/mol. The van der Waals surface area contributed by atoms with Crippen LogP contribution in [0.15, 0.2) is 48.5 Å². The molecule has 126 valence electrons. The Morgan fingerprint density at radius 2 is 1.04 bits per heavy atom. The lowest BCUT2D eigenvalue weighted by molar-refractivity contribution is 0.625. The maximum absolute atomic E-state index is 12.7. The first-order valence-corrected chi connectivity index (χ1v) is 8.35. The number of hydrogen-bond donors (Lipinski definition) is 1. The average molecular weight is 319 g/mol. The van der Waals surface area contributed by atoms with Gasteiger partial charge in [-0.05, 0) is 35.4 Å². The van der Waals surface area contributed by atoms with Crippen LogP contribution in [0.3, 0.4) is 0 Å². The van der Waals surface area contributed by atoms with Gasteiger partial charge in [0.15, 0.2) is 0 Å². The molecule has 2 N–H and O–H groups in total. The van der Waals surface area contributed by atoms with E-state index in [0.29, 0.717) is 0 Å². The van der Waals surface area contributed by atoms with Crippen LogP contribution in [0, 0.1) is 11.6 Å². The fourth-order valence-electron chi connectivity index (χ4n) is 2.21.